The van der Waals surface area contributed by atoms with Gasteiger partial charge in [0.2, 0.25) is 0 Å². The van der Waals surface area contributed by atoms with Crippen LogP contribution in [0.2, 0.25) is 0 Å². The summed E-state index contributed by atoms with van der Waals surface area (Å²) in [5.41, 5.74) is 1.00. The molecule has 0 aliphatic rings. The lowest BCUT2D eigenvalue weighted by Gasteiger charge is -1.61. The molecule has 0 spiro atoms. The Bertz CT molecular complexity index is 112. The van der Waals surface area contributed by atoms with Crippen molar-refractivity contribution in [2.75, 3.05) is 0 Å². The minimum Gasteiger partial charge on any atom is -0.181 e. The maximum Gasteiger partial charge on any atom is 0.0712 e. The third-order valence-corrected chi connectivity index (χ3v) is 1.04. The van der Waals surface area contributed by atoms with E-state index in [1.165, 1.54) is 11.7 Å². The average Bonchev–Trinajstić information content (AvgIpc) is 1.86. The van der Waals surface area contributed by atoms with Crippen LogP contribution in [0.4, 0.5) is 0 Å². The Labute approximate surface area is 40.2 Å². The van der Waals surface area contributed by atoms with E-state index in [0.717, 1.165) is 5.69 Å². The van der Waals surface area contributed by atoms with E-state index in [2.05, 4.69) is 8.75 Å². The van der Waals surface area contributed by atoms with Gasteiger partial charge in [0.25, 0.3) is 0 Å². The smallest absolute Gasteiger partial charge is 0.0712 e. The zero-order valence-electron chi connectivity index (χ0n) is 3.38. The van der Waals surface area contributed by atoms with Crippen molar-refractivity contribution in [2.45, 2.75) is 6.92 Å². The lowest BCUT2D eigenvalue weighted by atomic mass is 10.6. The fourth-order valence-corrected chi connectivity index (χ4v) is 0.634. The highest BCUT2D eigenvalue weighted by atomic mass is 32.1. The van der Waals surface area contributed by atoms with Gasteiger partial charge in [-0.1, -0.05) is 0 Å². The molecule has 0 aliphatic carbocycles. The first-order chi connectivity index (χ1) is 2.89. The van der Waals surface area contributed by atoms with E-state index < -0.39 is 0 Å². The molecule has 0 amide bonds. The molecule has 6 heavy (non-hydrogen) atoms. The first-order valence-corrected chi connectivity index (χ1v) is 2.37. The minimum atomic E-state index is 1.00. The van der Waals surface area contributed by atoms with Crippen molar-refractivity contribution in [1.82, 2.24) is 8.75 Å². The lowest BCUT2D eigenvalue weighted by molar-refractivity contribution is 1.33. The van der Waals surface area contributed by atoms with Crippen LogP contribution in [0.1, 0.15) is 5.69 Å². The second kappa shape index (κ2) is 1.34. The van der Waals surface area contributed by atoms with Crippen LogP contribution >= 0.6 is 11.7 Å². The molecule has 1 rings (SSSR count). The molecular formula is C3H4N2S. The number of aromatic nitrogens is 2. The number of hydrogen-bond donors (Lipinski definition) is 0. The third-order valence-electron chi connectivity index (χ3n) is 0.471. The Morgan fingerprint density at radius 2 is 2.67 bits per heavy atom. The predicted molar refractivity (Wildman–Crippen MR) is 24.6 cm³/mol. The SMILES string of the molecule is Cc1cnsn1. The summed E-state index contributed by atoms with van der Waals surface area (Å²) in [5, 5.41) is 0. The van der Waals surface area contributed by atoms with E-state index in [9.17, 15) is 0 Å². The summed E-state index contributed by atoms with van der Waals surface area (Å²) in [6, 6.07) is 0. The van der Waals surface area contributed by atoms with Gasteiger partial charge in [0.05, 0.1) is 23.6 Å². The second-order valence-corrected chi connectivity index (χ2v) is 1.61. The number of rotatable bonds is 0. The highest BCUT2D eigenvalue weighted by molar-refractivity contribution is 6.99. The van der Waals surface area contributed by atoms with Crippen LogP contribution < -0.4 is 0 Å². The zero-order valence-corrected chi connectivity index (χ0v) is 4.20. The van der Waals surface area contributed by atoms with Crippen LogP contribution in [0.25, 0.3) is 0 Å². The molecule has 0 radical (unpaired) electrons. The van der Waals surface area contributed by atoms with Gasteiger partial charge in [-0.15, -0.1) is 0 Å². The van der Waals surface area contributed by atoms with E-state index in [-0.39, 0.29) is 0 Å². The summed E-state index contributed by atoms with van der Waals surface area (Å²) in [6.07, 6.45) is 1.74. The number of aryl methyl sites for hydroxylation is 1. The largest absolute Gasteiger partial charge is 0.181 e. The van der Waals surface area contributed by atoms with Gasteiger partial charge < -0.3 is 0 Å². The average molecular weight is 100 g/mol. The Kier molecular flexibility index (Phi) is 0.837. The van der Waals surface area contributed by atoms with Crippen LogP contribution in [0.3, 0.4) is 0 Å². The molecule has 0 fully saturated rings. The second-order valence-electron chi connectivity index (χ2n) is 1.05. The molecule has 0 atom stereocenters. The van der Waals surface area contributed by atoms with Gasteiger partial charge in [0, 0.05) is 0 Å². The van der Waals surface area contributed by atoms with Crippen LogP contribution in [0, 0.1) is 6.92 Å². The maximum absolute atomic E-state index is 3.85. The summed E-state index contributed by atoms with van der Waals surface area (Å²) in [5.74, 6) is 0. The van der Waals surface area contributed by atoms with Crippen molar-refractivity contribution in [3.63, 3.8) is 0 Å². The molecule has 0 saturated heterocycles. The van der Waals surface area contributed by atoms with Gasteiger partial charge in [-0.25, -0.2) is 0 Å². The van der Waals surface area contributed by atoms with Crippen LogP contribution in [-0.2, 0) is 0 Å². The molecule has 1 aromatic heterocycles. The first-order valence-electron chi connectivity index (χ1n) is 1.64. The third kappa shape index (κ3) is 0.542. The van der Waals surface area contributed by atoms with Crippen molar-refractivity contribution < 1.29 is 0 Å². The summed E-state index contributed by atoms with van der Waals surface area (Å²) in [4.78, 5) is 0. The molecule has 3 heteroatoms. The summed E-state index contributed by atoms with van der Waals surface area (Å²) in [7, 11) is 0. The van der Waals surface area contributed by atoms with Crippen LogP contribution in [-0.4, -0.2) is 8.75 Å². The van der Waals surface area contributed by atoms with E-state index in [1.54, 1.807) is 6.20 Å². The van der Waals surface area contributed by atoms with E-state index >= 15 is 0 Å². The topological polar surface area (TPSA) is 25.8 Å². The predicted octanol–water partition coefficient (Wildman–Crippen LogP) is 0.847. The van der Waals surface area contributed by atoms with Gasteiger partial charge in [-0.2, -0.15) is 8.75 Å². The van der Waals surface area contributed by atoms with E-state index in [0.29, 0.717) is 0 Å². The fraction of sp³-hybridized carbons (Fsp3) is 0.333. The molecule has 0 unspecified atom stereocenters. The molecule has 0 aliphatic heterocycles. The van der Waals surface area contributed by atoms with Crippen molar-refractivity contribution >= 4 is 11.7 Å². The Morgan fingerprint density at radius 3 is 2.83 bits per heavy atom. The normalized spacial score (nSPS) is 8.83. The Balaban J connectivity index is 3.05. The van der Waals surface area contributed by atoms with Crippen LogP contribution in [0.15, 0.2) is 6.20 Å². The molecule has 1 heterocycles. The van der Waals surface area contributed by atoms with Gasteiger partial charge in [-0.05, 0) is 6.92 Å². The maximum atomic E-state index is 3.85. The molecule has 0 bridgehead atoms. The Morgan fingerprint density at radius 1 is 1.83 bits per heavy atom. The van der Waals surface area contributed by atoms with Crippen molar-refractivity contribution in [1.29, 1.82) is 0 Å². The number of hydrogen-bond acceptors (Lipinski definition) is 3. The monoisotopic (exact) mass is 100 g/mol. The molecule has 32 valence electrons. The highest BCUT2D eigenvalue weighted by Crippen LogP contribution is 1.87. The Hall–Kier alpha value is -0.440. The minimum absolute atomic E-state index is 1.00. The summed E-state index contributed by atoms with van der Waals surface area (Å²) < 4.78 is 7.60. The summed E-state index contributed by atoms with van der Waals surface area (Å²) in [6.45, 7) is 1.92. The van der Waals surface area contributed by atoms with Gasteiger partial charge >= 0.3 is 0 Å². The quantitative estimate of drug-likeness (QED) is 0.483. The summed E-state index contributed by atoms with van der Waals surface area (Å²) >= 11 is 1.24. The van der Waals surface area contributed by atoms with Gasteiger partial charge in [-0.3, -0.25) is 0 Å². The van der Waals surface area contributed by atoms with Crippen LogP contribution in [0.5, 0.6) is 0 Å². The lowest BCUT2D eigenvalue weighted by Crippen LogP contribution is -1.58. The van der Waals surface area contributed by atoms with Crippen molar-refractivity contribution in [3.8, 4) is 0 Å². The molecule has 0 aromatic carbocycles. The zero-order chi connectivity index (χ0) is 4.41. The first kappa shape index (κ1) is 3.74. The molecule has 0 saturated carbocycles. The van der Waals surface area contributed by atoms with Crippen molar-refractivity contribution in [3.05, 3.63) is 11.9 Å². The van der Waals surface area contributed by atoms with E-state index in [4.69, 9.17) is 0 Å². The van der Waals surface area contributed by atoms with Gasteiger partial charge in [0.1, 0.15) is 0 Å². The fourth-order valence-electron chi connectivity index (χ4n) is 0.211. The van der Waals surface area contributed by atoms with Crippen molar-refractivity contribution in [2.24, 2.45) is 0 Å². The molecular weight excluding hydrogens is 96.1 g/mol. The van der Waals surface area contributed by atoms with Gasteiger partial charge in [0.15, 0.2) is 0 Å². The number of nitrogens with zero attached hydrogens (tertiary/aromatic N) is 2. The van der Waals surface area contributed by atoms with E-state index in [1.807, 2.05) is 6.92 Å². The highest BCUT2D eigenvalue weighted by Gasteiger charge is 1.78. The molecule has 0 N–H and O–H groups in total. The standard InChI is InChI=1S/C3H4N2S/c1-3-2-4-6-5-3/h2H,1H3. The molecule has 2 nitrogen and oxygen atoms in total. The molecule has 1 aromatic rings.